The van der Waals surface area contributed by atoms with Gasteiger partial charge in [0.05, 0.1) is 5.02 Å². The van der Waals surface area contributed by atoms with Crippen LogP contribution in [0.2, 0.25) is 5.02 Å². The van der Waals surface area contributed by atoms with Crippen LogP contribution < -0.4 is 10.5 Å². The summed E-state index contributed by atoms with van der Waals surface area (Å²) in [4.78, 5) is 11.7. The number of hydrogen-bond donors (Lipinski definition) is 0. The predicted octanol–water partition coefficient (Wildman–Crippen LogP) is 3.41. The van der Waals surface area contributed by atoms with Gasteiger partial charge in [0.25, 0.3) is 0 Å². The molecule has 0 aliphatic carbocycles. The summed E-state index contributed by atoms with van der Waals surface area (Å²) in [6, 6.07) is 12.3. The lowest BCUT2D eigenvalue weighted by Crippen LogP contribution is -2.14. The highest BCUT2D eigenvalue weighted by molar-refractivity contribution is 6.32. The Kier molecular flexibility index (Phi) is 3.45. The van der Waals surface area contributed by atoms with Crippen LogP contribution in [0.15, 0.2) is 57.7 Å². The Morgan fingerprint density at radius 1 is 1.14 bits per heavy atom. The van der Waals surface area contributed by atoms with Gasteiger partial charge in [-0.2, -0.15) is 4.68 Å². The van der Waals surface area contributed by atoms with Gasteiger partial charge in [0.2, 0.25) is 0 Å². The van der Waals surface area contributed by atoms with E-state index in [1.165, 1.54) is 18.2 Å². The molecule has 0 fully saturated rings. The second kappa shape index (κ2) is 5.41. The monoisotopic (exact) mass is 306 g/mol. The molecule has 106 valence electrons. The van der Waals surface area contributed by atoms with E-state index in [0.717, 1.165) is 4.68 Å². The number of nitrogens with zero attached hydrogens (tertiary/aromatic N) is 2. The van der Waals surface area contributed by atoms with E-state index in [-0.39, 0.29) is 17.5 Å². The highest BCUT2D eigenvalue weighted by atomic mass is 35.5. The van der Waals surface area contributed by atoms with Crippen molar-refractivity contribution in [2.75, 3.05) is 0 Å². The molecule has 0 unspecified atom stereocenters. The maximum atomic E-state index is 13.7. The minimum Gasteiger partial charge on any atom is -0.408 e. The summed E-state index contributed by atoms with van der Waals surface area (Å²) in [7, 11) is 0. The number of aromatic nitrogens is 2. The third kappa shape index (κ3) is 2.66. The van der Waals surface area contributed by atoms with Gasteiger partial charge in [-0.05, 0) is 24.3 Å². The van der Waals surface area contributed by atoms with Crippen LogP contribution in [-0.2, 0) is 0 Å². The number of rotatable bonds is 3. The molecule has 0 saturated heterocycles. The number of ether oxygens (including phenoxy) is 1. The fourth-order valence-corrected chi connectivity index (χ4v) is 1.87. The first-order chi connectivity index (χ1) is 10.1. The lowest BCUT2D eigenvalue weighted by molar-refractivity contribution is 0.320. The number of hydrogen-bond acceptors (Lipinski definition) is 4. The van der Waals surface area contributed by atoms with E-state index in [1.807, 2.05) is 0 Å². The molecule has 0 aliphatic rings. The maximum absolute atomic E-state index is 13.7. The molecule has 0 atom stereocenters. The molecule has 1 heterocycles. The van der Waals surface area contributed by atoms with E-state index < -0.39 is 11.6 Å². The minimum absolute atomic E-state index is 0.0275. The molecule has 0 bridgehead atoms. The highest BCUT2D eigenvalue weighted by Gasteiger charge is 2.15. The Morgan fingerprint density at radius 2 is 1.86 bits per heavy atom. The van der Waals surface area contributed by atoms with Gasteiger partial charge in [-0.1, -0.05) is 41.0 Å². The quantitative estimate of drug-likeness (QED) is 0.744. The number of halogens is 2. The molecule has 5 nitrogen and oxygen atoms in total. The van der Waals surface area contributed by atoms with E-state index in [1.54, 1.807) is 30.3 Å². The summed E-state index contributed by atoms with van der Waals surface area (Å²) < 4.78 is 24.5. The largest absolute Gasteiger partial charge is 0.444 e. The Morgan fingerprint density at radius 3 is 2.62 bits per heavy atom. The zero-order chi connectivity index (χ0) is 14.8. The van der Waals surface area contributed by atoms with Crippen LogP contribution in [0.3, 0.4) is 0 Å². The average molecular weight is 307 g/mol. The van der Waals surface area contributed by atoms with Crippen molar-refractivity contribution in [2.24, 2.45) is 0 Å². The summed E-state index contributed by atoms with van der Waals surface area (Å²) in [5.74, 6) is -1.18. The molecule has 0 saturated carbocycles. The summed E-state index contributed by atoms with van der Waals surface area (Å²) >= 11 is 5.92. The van der Waals surface area contributed by atoms with Gasteiger partial charge in [-0.3, -0.25) is 0 Å². The van der Waals surface area contributed by atoms with Crippen molar-refractivity contribution in [3.63, 3.8) is 0 Å². The standard InChI is InChI=1S/C14H8ClFN2O3/c15-9-5-1-4-8-12(9)20-13-17-18(14(19)21-13)11-7-3-2-6-10(11)16/h1-8H. The lowest BCUT2D eigenvalue weighted by atomic mass is 10.3. The molecule has 2 aromatic carbocycles. The van der Waals surface area contributed by atoms with Crippen LogP contribution in [0.5, 0.6) is 11.8 Å². The van der Waals surface area contributed by atoms with E-state index in [2.05, 4.69) is 5.10 Å². The molecule has 3 aromatic rings. The first kappa shape index (κ1) is 13.4. The fourth-order valence-electron chi connectivity index (χ4n) is 1.70. The van der Waals surface area contributed by atoms with Crippen LogP contribution in [-0.4, -0.2) is 9.78 Å². The van der Waals surface area contributed by atoms with Crippen LogP contribution in [0.25, 0.3) is 5.69 Å². The highest BCUT2D eigenvalue weighted by Crippen LogP contribution is 2.27. The van der Waals surface area contributed by atoms with Crippen molar-refractivity contribution >= 4 is 11.6 Å². The third-order valence-electron chi connectivity index (χ3n) is 2.64. The molecule has 7 heteroatoms. The first-order valence-corrected chi connectivity index (χ1v) is 6.30. The maximum Gasteiger partial charge on any atom is 0.444 e. The van der Waals surface area contributed by atoms with E-state index in [4.69, 9.17) is 20.8 Å². The molecule has 0 radical (unpaired) electrons. The SMILES string of the molecule is O=c1oc(Oc2ccccc2Cl)nn1-c1ccccc1F. The Balaban J connectivity index is 1.98. The van der Waals surface area contributed by atoms with E-state index >= 15 is 0 Å². The molecular weight excluding hydrogens is 299 g/mol. The molecule has 3 rings (SSSR count). The average Bonchev–Trinajstić information content (AvgIpc) is 2.83. The summed E-state index contributed by atoms with van der Waals surface area (Å²) in [5.41, 5.74) is -0.0275. The predicted molar refractivity (Wildman–Crippen MR) is 73.6 cm³/mol. The van der Waals surface area contributed by atoms with Crippen LogP contribution in [0.4, 0.5) is 4.39 Å². The first-order valence-electron chi connectivity index (χ1n) is 5.92. The topological polar surface area (TPSA) is 57.3 Å². The molecular formula is C14H8ClFN2O3. The Labute approximate surface area is 123 Å². The molecule has 0 spiro atoms. The second-order valence-electron chi connectivity index (χ2n) is 4.03. The zero-order valence-corrected chi connectivity index (χ0v) is 11.2. The molecule has 1 aromatic heterocycles. The zero-order valence-electron chi connectivity index (χ0n) is 10.5. The van der Waals surface area contributed by atoms with Crippen LogP contribution in [0, 0.1) is 5.82 Å². The molecule has 0 aliphatic heterocycles. The lowest BCUT2D eigenvalue weighted by Gasteiger charge is -2.01. The van der Waals surface area contributed by atoms with Crippen molar-refractivity contribution in [1.82, 2.24) is 9.78 Å². The van der Waals surface area contributed by atoms with E-state index in [9.17, 15) is 9.18 Å². The third-order valence-corrected chi connectivity index (χ3v) is 2.96. The van der Waals surface area contributed by atoms with Gasteiger partial charge in [0.15, 0.2) is 5.75 Å². The van der Waals surface area contributed by atoms with Gasteiger partial charge in [0, 0.05) is 0 Å². The summed E-state index contributed by atoms with van der Waals surface area (Å²) in [6.07, 6.45) is -0.323. The second-order valence-corrected chi connectivity index (χ2v) is 4.44. The number of para-hydroxylation sites is 2. The van der Waals surface area contributed by atoms with Crippen molar-refractivity contribution in [3.05, 3.63) is 69.9 Å². The van der Waals surface area contributed by atoms with Gasteiger partial charge >= 0.3 is 11.8 Å². The minimum atomic E-state index is -0.859. The van der Waals surface area contributed by atoms with Gasteiger partial charge < -0.3 is 9.15 Å². The molecule has 0 amide bonds. The molecule has 21 heavy (non-hydrogen) atoms. The Hall–Kier alpha value is -2.60. The van der Waals surface area contributed by atoms with Crippen molar-refractivity contribution in [2.45, 2.75) is 0 Å². The van der Waals surface area contributed by atoms with Gasteiger partial charge in [0.1, 0.15) is 11.5 Å². The van der Waals surface area contributed by atoms with Crippen molar-refractivity contribution < 1.29 is 13.5 Å². The smallest absolute Gasteiger partial charge is 0.408 e. The molecule has 0 N–H and O–H groups in total. The van der Waals surface area contributed by atoms with Crippen molar-refractivity contribution in [3.8, 4) is 17.5 Å². The Bertz CT molecular complexity index is 844. The van der Waals surface area contributed by atoms with Gasteiger partial charge in [-0.15, -0.1) is 0 Å². The van der Waals surface area contributed by atoms with Crippen molar-refractivity contribution in [1.29, 1.82) is 0 Å². The normalized spacial score (nSPS) is 10.6. The van der Waals surface area contributed by atoms with E-state index in [0.29, 0.717) is 5.02 Å². The fraction of sp³-hybridized carbons (Fsp3) is 0. The van der Waals surface area contributed by atoms with Gasteiger partial charge in [-0.25, -0.2) is 9.18 Å². The summed E-state index contributed by atoms with van der Waals surface area (Å²) in [5, 5.41) is 4.13. The van der Waals surface area contributed by atoms with Crippen LogP contribution in [0.1, 0.15) is 0 Å². The van der Waals surface area contributed by atoms with Crippen LogP contribution >= 0.6 is 11.6 Å². The number of benzene rings is 2. The summed E-state index contributed by atoms with van der Waals surface area (Å²) in [6.45, 7) is 0.